The number of rotatable bonds is 8. The Labute approximate surface area is 177 Å². The van der Waals surface area contributed by atoms with E-state index in [0.717, 1.165) is 5.52 Å². The number of phenols is 2. The third-order valence-corrected chi connectivity index (χ3v) is 4.86. The maximum atomic E-state index is 12.9. The monoisotopic (exact) mass is 425 g/mol. The number of carboxylic acids is 1. The molecule has 2 atom stereocenters. The standard InChI is InChI=1S/C22H23N3O6/c1-12(26)24-19(9-14-11-23-18-7-6-16(28)10-17(14)18)21(29)25-20(22(30)31)8-13-2-4-15(27)5-3-13/h2-7,10-11,19-20,23,27-28H,8-9H2,1H3,(H,24,26)(H,25,29)(H,30,31). The van der Waals surface area contributed by atoms with Crippen LogP contribution in [0.2, 0.25) is 0 Å². The predicted octanol–water partition coefficient (Wildman–Crippen LogP) is 1.44. The lowest BCUT2D eigenvalue weighted by Crippen LogP contribution is -2.52. The number of aliphatic carboxylic acids is 1. The van der Waals surface area contributed by atoms with E-state index in [1.165, 1.54) is 25.1 Å². The number of carboxylic acid groups (broad SMARTS) is 1. The Hall–Kier alpha value is -4.01. The van der Waals surface area contributed by atoms with E-state index in [9.17, 15) is 29.7 Å². The molecule has 162 valence electrons. The highest BCUT2D eigenvalue weighted by Crippen LogP contribution is 2.24. The van der Waals surface area contributed by atoms with Gasteiger partial charge in [-0.1, -0.05) is 12.1 Å². The molecule has 2 unspecified atom stereocenters. The van der Waals surface area contributed by atoms with Crippen LogP contribution in [-0.4, -0.2) is 50.2 Å². The first-order valence-electron chi connectivity index (χ1n) is 9.60. The van der Waals surface area contributed by atoms with Crippen molar-refractivity contribution in [1.29, 1.82) is 0 Å². The predicted molar refractivity (Wildman–Crippen MR) is 113 cm³/mol. The highest BCUT2D eigenvalue weighted by atomic mass is 16.4. The Morgan fingerprint density at radius 2 is 1.61 bits per heavy atom. The molecule has 0 aliphatic carbocycles. The van der Waals surface area contributed by atoms with Crippen LogP contribution in [0, 0.1) is 0 Å². The second kappa shape index (κ2) is 9.21. The molecule has 2 amide bonds. The van der Waals surface area contributed by atoms with Gasteiger partial charge in [-0.2, -0.15) is 0 Å². The average molecular weight is 425 g/mol. The van der Waals surface area contributed by atoms with Crippen molar-refractivity contribution in [3.05, 3.63) is 59.8 Å². The van der Waals surface area contributed by atoms with Crippen LogP contribution in [0.1, 0.15) is 18.1 Å². The topological polar surface area (TPSA) is 152 Å². The molecule has 0 fully saturated rings. The molecule has 0 saturated heterocycles. The normalized spacial score (nSPS) is 12.8. The fraction of sp³-hybridized carbons (Fsp3) is 0.227. The maximum Gasteiger partial charge on any atom is 0.326 e. The van der Waals surface area contributed by atoms with Gasteiger partial charge in [-0.3, -0.25) is 9.59 Å². The van der Waals surface area contributed by atoms with Gasteiger partial charge in [-0.05, 0) is 41.5 Å². The number of nitrogens with one attached hydrogen (secondary N) is 3. The minimum absolute atomic E-state index is 0.00903. The molecule has 1 heterocycles. The summed E-state index contributed by atoms with van der Waals surface area (Å²) >= 11 is 0. The average Bonchev–Trinajstić information content (AvgIpc) is 3.10. The Morgan fingerprint density at radius 1 is 0.935 bits per heavy atom. The number of hydrogen-bond acceptors (Lipinski definition) is 5. The number of H-pyrrole nitrogens is 1. The Kier molecular flexibility index (Phi) is 6.44. The lowest BCUT2D eigenvalue weighted by Gasteiger charge is -2.21. The molecule has 2 aromatic carbocycles. The van der Waals surface area contributed by atoms with Crippen LogP contribution in [0.15, 0.2) is 48.7 Å². The molecule has 6 N–H and O–H groups in total. The Bertz CT molecular complexity index is 1110. The lowest BCUT2D eigenvalue weighted by atomic mass is 10.0. The SMILES string of the molecule is CC(=O)NC(Cc1c[nH]c2ccc(O)cc12)C(=O)NC(Cc1ccc(O)cc1)C(=O)O. The van der Waals surface area contributed by atoms with Crippen LogP contribution in [0.3, 0.4) is 0 Å². The minimum atomic E-state index is -1.22. The first-order valence-corrected chi connectivity index (χ1v) is 9.60. The molecular formula is C22H23N3O6. The van der Waals surface area contributed by atoms with Gasteiger partial charge in [-0.25, -0.2) is 4.79 Å². The minimum Gasteiger partial charge on any atom is -0.508 e. The molecule has 0 aliphatic rings. The largest absolute Gasteiger partial charge is 0.508 e. The van der Waals surface area contributed by atoms with Gasteiger partial charge in [-0.15, -0.1) is 0 Å². The van der Waals surface area contributed by atoms with Crippen molar-refractivity contribution in [1.82, 2.24) is 15.6 Å². The van der Waals surface area contributed by atoms with E-state index in [1.807, 2.05) is 0 Å². The Morgan fingerprint density at radius 3 is 2.26 bits per heavy atom. The quantitative estimate of drug-likeness (QED) is 0.321. The lowest BCUT2D eigenvalue weighted by molar-refractivity contribution is -0.142. The molecule has 0 saturated carbocycles. The van der Waals surface area contributed by atoms with Gasteiger partial charge in [0.2, 0.25) is 11.8 Å². The number of aromatic nitrogens is 1. The molecule has 9 nitrogen and oxygen atoms in total. The Balaban J connectivity index is 1.79. The molecule has 31 heavy (non-hydrogen) atoms. The number of benzene rings is 2. The van der Waals surface area contributed by atoms with E-state index in [1.54, 1.807) is 30.5 Å². The number of phenolic OH excluding ortho intramolecular Hbond substituents is 2. The van der Waals surface area contributed by atoms with E-state index in [0.29, 0.717) is 16.5 Å². The van der Waals surface area contributed by atoms with Gasteiger partial charge in [0.05, 0.1) is 0 Å². The second-order valence-electron chi connectivity index (χ2n) is 7.27. The van der Waals surface area contributed by atoms with Crippen LogP contribution >= 0.6 is 0 Å². The van der Waals surface area contributed by atoms with Crippen molar-refractivity contribution in [3.8, 4) is 11.5 Å². The van der Waals surface area contributed by atoms with Crippen molar-refractivity contribution in [2.75, 3.05) is 0 Å². The number of hydrogen-bond donors (Lipinski definition) is 6. The molecule has 0 aliphatic heterocycles. The number of amides is 2. The molecular weight excluding hydrogens is 402 g/mol. The number of fused-ring (bicyclic) bond motifs is 1. The van der Waals surface area contributed by atoms with Crippen LogP contribution < -0.4 is 10.6 Å². The molecule has 0 spiro atoms. The molecule has 0 radical (unpaired) electrons. The summed E-state index contributed by atoms with van der Waals surface area (Å²) in [6.07, 6.45) is 1.78. The van der Waals surface area contributed by atoms with Crippen LogP contribution in [-0.2, 0) is 27.2 Å². The van der Waals surface area contributed by atoms with E-state index in [2.05, 4.69) is 15.6 Å². The van der Waals surface area contributed by atoms with E-state index < -0.39 is 29.9 Å². The summed E-state index contributed by atoms with van der Waals surface area (Å²) in [5.41, 5.74) is 2.06. The van der Waals surface area contributed by atoms with Crippen molar-refractivity contribution in [3.63, 3.8) is 0 Å². The molecule has 1 aromatic heterocycles. The summed E-state index contributed by atoms with van der Waals surface area (Å²) < 4.78 is 0. The van der Waals surface area contributed by atoms with Gasteiger partial charge in [0.25, 0.3) is 0 Å². The van der Waals surface area contributed by atoms with Crippen LogP contribution in [0.5, 0.6) is 11.5 Å². The zero-order valence-electron chi connectivity index (χ0n) is 16.8. The molecule has 0 bridgehead atoms. The summed E-state index contributed by atoms with van der Waals surface area (Å²) in [4.78, 5) is 39.3. The second-order valence-corrected chi connectivity index (χ2v) is 7.27. The van der Waals surface area contributed by atoms with Crippen molar-refractivity contribution in [2.24, 2.45) is 0 Å². The third-order valence-electron chi connectivity index (χ3n) is 4.86. The summed E-state index contributed by atoms with van der Waals surface area (Å²) in [6, 6.07) is 8.55. The smallest absolute Gasteiger partial charge is 0.326 e. The van der Waals surface area contributed by atoms with Gasteiger partial charge in [0, 0.05) is 36.9 Å². The molecule has 3 aromatic rings. The number of carbonyl (C=O) groups is 3. The fourth-order valence-electron chi connectivity index (χ4n) is 3.35. The van der Waals surface area contributed by atoms with Crippen molar-refractivity contribution < 1.29 is 29.7 Å². The highest BCUT2D eigenvalue weighted by Gasteiger charge is 2.27. The van der Waals surface area contributed by atoms with Gasteiger partial charge in [0.1, 0.15) is 23.6 Å². The van der Waals surface area contributed by atoms with Gasteiger partial charge < -0.3 is 30.9 Å². The number of aromatic hydroxyl groups is 2. The summed E-state index contributed by atoms with van der Waals surface area (Å²) in [7, 11) is 0. The fourth-order valence-corrected chi connectivity index (χ4v) is 3.35. The van der Waals surface area contributed by atoms with Crippen molar-refractivity contribution in [2.45, 2.75) is 31.8 Å². The van der Waals surface area contributed by atoms with E-state index >= 15 is 0 Å². The number of carbonyl (C=O) groups excluding carboxylic acids is 2. The first kappa shape index (κ1) is 21.7. The van der Waals surface area contributed by atoms with Gasteiger partial charge >= 0.3 is 5.97 Å². The van der Waals surface area contributed by atoms with E-state index in [4.69, 9.17) is 0 Å². The summed E-state index contributed by atoms with van der Waals surface area (Å²) in [5.74, 6) is -2.19. The van der Waals surface area contributed by atoms with E-state index in [-0.39, 0.29) is 24.3 Å². The number of aromatic amines is 1. The molecule has 3 rings (SSSR count). The highest BCUT2D eigenvalue weighted by molar-refractivity contribution is 5.91. The molecule has 9 heteroatoms. The first-order chi connectivity index (χ1) is 14.7. The van der Waals surface area contributed by atoms with Crippen LogP contribution in [0.4, 0.5) is 0 Å². The van der Waals surface area contributed by atoms with Gasteiger partial charge in [0.15, 0.2) is 0 Å². The maximum absolute atomic E-state index is 12.9. The zero-order valence-corrected chi connectivity index (χ0v) is 16.8. The summed E-state index contributed by atoms with van der Waals surface area (Å²) in [5, 5.41) is 34.4. The zero-order chi connectivity index (χ0) is 22.5. The summed E-state index contributed by atoms with van der Waals surface area (Å²) in [6.45, 7) is 1.27. The van der Waals surface area contributed by atoms with Crippen molar-refractivity contribution >= 4 is 28.7 Å². The van der Waals surface area contributed by atoms with Crippen LogP contribution in [0.25, 0.3) is 10.9 Å². The third kappa shape index (κ3) is 5.53.